The van der Waals surface area contributed by atoms with Gasteiger partial charge in [-0.3, -0.25) is 0 Å². The Hall–Kier alpha value is -1.40. The molecule has 0 fully saturated rings. The molecule has 1 unspecified atom stereocenters. The Balaban J connectivity index is 0.00000289. The number of ether oxygens (including phenoxy) is 1. The average Bonchev–Trinajstić information content (AvgIpc) is 2.31. The second kappa shape index (κ2) is 7.13. The first kappa shape index (κ1) is 16.6. The van der Waals surface area contributed by atoms with Crippen LogP contribution in [0.3, 0.4) is 0 Å². The van der Waals surface area contributed by atoms with Crippen molar-refractivity contribution in [1.29, 1.82) is 0 Å². The molecule has 0 radical (unpaired) electrons. The van der Waals surface area contributed by atoms with Crippen LogP contribution in [0.2, 0.25) is 0 Å². The summed E-state index contributed by atoms with van der Waals surface area (Å²) in [6, 6.07) is 1.84. The van der Waals surface area contributed by atoms with Crippen LogP contribution in [0.15, 0.2) is 18.2 Å². The van der Waals surface area contributed by atoms with Gasteiger partial charge in [-0.2, -0.15) is 0 Å². The first-order chi connectivity index (χ1) is 7.97. The average molecular weight is 282 g/mol. The lowest BCUT2D eigenvalue weighted by Crippen LogP contribution is -2.31. The number of rotatable bonds is 4. The first-order valence-electron chi connectivity index (χ1n) is 5.02. The number of phenolic OH excluding ortho intramolecular Hbond substituents is 1. The highest BCUT2D eigenvalue weighted by atomic mass is 35.5. The molecule has 0 bridgehead atoms. The predicted molar refractivity (Wildman–Crippen MR) is 63.8 cm³/mol. The number of hydrogen-bond donors (Lipinski definition) is 2. The van der Waals surface area contributed by atoms with Crippen molar-refractivity contribution in [3.63, 3.8) is 0 Å². The quantitative estimate of drug-likeness (QED) is 0.826. The van der Waals surface area contributed by atoms with Crippen molar-refractivity contribution in [2.45, 2.75) is 19.1 Å². The summed E-state index contributed by atoms with van der Waals surface area (Å²) in [5.74, 6) is -2.57. The Labute approximate surface area is 109 Å². The highest BCUT2D eigenvalue weighted by Crippen LogP contribution is 2.23. The van der Waals surface area contributed by atoms with Gasteiger partial charge in [0.25, 0.3) is 0 Å². The van der Waals surface area contributed by atoms with Gasteiger partial charge in [-0.1, -0.05) is 6.07 Å². The summed E-state index contributed by atoms with van der Waals surface area (Å²) < 4.78 is 31.0. The van der Waals surface area contributed by atoms with Gasteiger partial charge in [-0.15, -0.1) is 12.4 Å². The van der Waals surface area contributed by atoms with Crippen LogP contribution in [0, 0.1) is 5.82 Å². The smallest absolute Gasteiger partial charge is 0.342 e. The number of carbonyl (C=O) groups excluding carboxylic acids is 1. The zero-order chi connectivity index (χ0) is 13.0. The van der Waals surface area contributed by atoms with E-state index in [0.29, 0.717) is 0 Å². The third-order valence-corrected chi connectivity index (χ3v) is 2.18. The molecular formula is C11H14ClF2NO3. The molecule has 7 heteroatoms. The van der Waals surface area contributed by atoms with Crippen LogP contribution in [0.4, 0.5) is 8.78 Å². The van der Waals surface area contributed by atoms with Gasteiger partial charge in [0.2, 0.25) is 6.17 Å². The van der Waals surface area contributed by atoms with Crippen LogP contribution < -0.4 is 5.73 Å². The monoisotopic (exact) mass is 281 g/mol. The van der Waals surface area contributed by atoms with Crippen molar-refractivity contribution in [1.82, 2.24) is 0 Å². The van der Waals surface area contributed by atoms with Crippen LogP contribution in [-0.4, -0.2) is 23.9 Å². The fourth-order valence-corrected chi connectivity index (χ4v) is 1.27. The number of phenols is 1. The largest absolute Gasteiger partial charge is 0.505 e. The van der Waals surface area contributed by atoms with Crippen molar-refractivity contribution >= 4 is 18.4 Å². The molecule has 0 aromatic heterocycles. The van der Waals surface area contributed by atoms with Crippen LogP contribution in [0.5, 0.6) is 5.75 Å². The molecule has 0 saturated carbocycles. The number of aromatic hydroxyl groups is 1. The summed E-state index contributed by atoms with van der Waals surface area (Å²) >= 11 is 0. The Bertz CT molecular complexity index is 417. The van der Waals surface area contributed by atoms with E-state index < -0.39 is 29.7 Å². The van der Waals surface area contributed by atoms with Gasteiger partial charge >= 0.3 is 5.97 Å². The lowest BCUT2D eigenvalue weighted by Gasteiger charge is -2.16. The summed E-state index contributed by atoms with van der Waals surface area (Å²) in [5, 5.41) is 8.96. The lowest BCUT2D eigenvalue weighted by molar-refractivity contribution is -0.149. The van der Waals surface area contributed by atoms with Crippen molar-refractivity contribution in [2.75, 3.05) is 6.61 Å². The molecule has 0 aliphatic carbocycles. The van der Waals surface area contributed by atoms with E-state index in [0.717, 1.165) is 12.1 Å². The minimum Gasteiger partial charge on any atom is -0.505 e. The fourth-order valence-electron chi connectivity index (χ4n) is 1.27. The first-order valence-corrected chi connectivity index (χ1v) is 5.02. The van der Waals surface area contributed by atoms with Gasteiger partial charge in [0, 0.05) is 0 Å². The highest BCUT2D eigenvalue weighted by molar-refractivity contribution is 5.85. The molecule has 1 aromatic rings. The van der Waals surface area contributed by atoms with E-state index in [9.17, 15) is 13.6 Å². The molecule has 0 spiro atoms. The second-order valence-electron chi connectivity index (χ2n) is 3.39. The van der Waals surface area contributed by atoms with Crippen molar-refractivity contribution in [3.05, 3.63) is 29.6 Å². The Morgan fingerprint density at radius 1 is 1.56 bits per heavy atom. The SMILES string of the molecule is CCOC(=O)C(F)[C@@H](N)c1ccc(O)c(F)c1.Cl. The zero-order valence-corrected chi connectivity index (χ0v) is 10.4. The Morgan fingerprint density at radius 3 is 2.67 bits per heavy atom. The van der Waals surface area contributed by atoms with E-state index >= 15 is 0 Å². The number of hydrogen-bond acceptors (Lipinski definition) is 4. The zero-order valence-electron chi connectivity index (χ0n) is 9.60. The normalized spacial score (nSPS) is 13.3. The molecule has 4 nitrogen and oxygen atoms in total. The second-order valence-corrected chi connectivity index (χ2v) is 3.39. The summed E-state index contributed by atoms with van der Waals surface area (Å²) in [6.07, 6.45) is -2.07. The van der Waals surface area contributed by atoms with Gasteiger partial charge in [-0.25, -0.2) is 13.6 Å². The van der Waals surface area contributed by atoms with Crippen LogP contribution in [-0.2, 0) is 9.53 Å². The van der Waals surface area contributed by atoms with Crippen molar-refractivity contribution < 1.29 is 23.4 Å². The van der Waals surface area contributed by atoms with E-state index in [2.05, 4.69) is 4.74 Å². The topological polar surface area (TPSA) is 72.5 Å². The molecule has 18 heavy (non-hydrogen) atoms. The maximum atomic E-state index is 13.5. The summed E-state index contributed by atoms with van der Waals surface area (Å²) in [4.78, 5) is 11.1. The van der Waals surface area contributed by atoms with Crippen molar-refractivity contribution in [3.8, 4) is 5.75 Å². The highest BCUT2D eigenvalue weighted by Gasteiger charge is 2.28. The maximum Gasteiger partial charge on any atom is 0.342 e. The molecule has 1 rings (SSSR count). The summed E-state index contributed by atoms with van der Waals surface area (Å²) in [6.45, 7) is 1.58. The number of nitrogens with two attached hydrogens (primary N) is 1. The van der Waals surface area contributed by atoms with Gasteiger partial charge in [0.15, 0.2) is 11.6 Å². The van der Waals surface area contributed by atoms with E-state index in [1.165, 1.54) is 13.0 Å². The number of carbonyl (C=O) groups is 1. The predicted octanol–water partition coefficient (Wildman–Crippen LogP) is 1.85. The van der Waals surface area contributed by atoms with Crippen LogP contribution in [0.25, 0.3) is 0 Å². The van der Waals surface area contributed by atoms with Gasteiger partial charge in [0.05, 0.1) is 12.6 Å². The summed E-state index contributed by atoms with van der Waals surface area (Å²) in [5.41, 5.74) is 5.53. The van der Waals surface area contributed by atoms with Crippen molar-refractivity contribution in [2.24, 2.45) is 5.73 Å². The summed E-state index contributed by atoms with van der Waals surface area (Å²) in [7, 11) is 0. The molecular weight excluding hydrogens is 268 g/mol. The Morgan fingerprint density at radius 2 is 2.17 bits per heavy atom. The minimum atomic E-state index is -2.07. The number of halogens is 3. The molecule has 2 atom stereocenters. The van der Waals surface area contributed by atoms with Crippen LogP contribution >= 0.6 is 12.4 Å². The number of benzene rings is 1. The van der Waals surface area contributed by atoms with E-state index in [1.807, 2.05) is 0 Å². The lowest BCUT2D eigenvalue weighted by atomic mass is 10.0. The Kier molecular flexibility index (Phi) is 6.57. The van der Waals surface area contributed by atoms with E-state index in [-0.39, 0.29) is 24.6 Å². The van der Waals surface area contributed by atoms with Gasteiger partial charge < -0.3 is 15.6 Å². The third-order valence-electron chi connectivity index (χ3n) is 2.18. The van der Waals surface area contributed by atoms with Gasteiger partial charge in [0.1, 0.15) is 0 Å². The molecule has 0 heterocycles. The standard InChI is InChI=1S/C11H13F2NO3.ClH/c1-2-17-11(16)9(13)10(14)6-3-4-8(15)7(12)5-6;/h3-5,9-10,15H,2,14H2,1H3;1H/t9?,10-;/m0./s1. The minimum absolute atomic E-state index is 0. The number of alkyl halides is 1. The third kappa shape index (κ3) is 3.82. The molecule has 102 valence electrons. The molecule has 3 N–H and O–H groups in total. The van der Waals surface area contributed by atoms with Crippen LogP contribution in [0.1, 0.15) is 18.5 Å². The maximum absolute atomic E-state index is 13.5. The van der Waals surface area contributed by atoms with Gasteiger partial charge in [-0.05, 0) is 24.6 Å². The van der Waals surface area contributed by atoms with E-state index in [1.54, 1.807) is 0 Å². The van der Waals surface area contributed by atoms with E-state index in [4.69, 9.17) is 10.8 Å². The number of esters is 1. The molecule has 0 aliphatic rings. The fraction of sp³-hybridized carbons (Fsp3) is 0.364. The molecule has 0 amide bonds. The molecule has 0 aliphatic heterocycles. The molecule has 0 saturated heterocycles. The molecule has 1 aromatic carbocycles.